The van der Waals surface area contributed by atoms with Gasteiger partial charge in [-0.2, -0.15) is 0 Å². The zero-order valence-electron chi connectivity index (χ0n) is 12.5. The summed E-state index contributed by atoms with van der Waals surface area (Å²) in [5.74, 6) is 0. The molecular weight excluding hydrogens is 252 g/mol. The summed E-state index contributed by atoms with van der Waals surface area (Å²) in [6, 6.07) is 0.918. The molecule has 2 aliphatic rings. The number of hydrogen-bond donors (Lipinski definition) is 1. The van der Waals surface area contributed by atoms with Crippen LogP contribution in [0.3, 0.4) is 0 Å². The molecule has 1 aliphatic heterocycles. The molecule has 1 saturated heterocycles. The SMILES string of the molecule is CCNCc1cn(CCN2CCN(C3CC3)CC2)nn1. The smallest absolute Gasteiger partial charge is 0.0964 e. The first-order chi connectivity index (χ1) is 9.85. The van der Waals surface area contributed by atoms with E-state index in [1.807, 2.05) is 4.68 Å². The van der Waals surface area contributed by atoms with Crippen molar-refractivity contribution in [3.63, 3.8) is 0 Å². The summed E-state index contributed by atoms with van der Waals surface area (Å²) in [6.07, 6.45) is 4.91. The van der Waals surface area contributed by atoms with Crippen LogP contribution in [0, 0.1) is 0 Å². The summed E-state index contributed by atoms with van der Waals surface area (Å²) in [4.78, 5) is 5.20. The second kappa shape index (κ2) is 6.65. The van der Waals surface area contributed by atoms with Gasteiger partial charge in [-0.1, -0.05) is 12.1 Å². The third-order valence-corrected chi connectivity index (χ3v) is 4.26. The first-order valence-corrected chi connectivity index (χ1v) is 7.91. The van der Waals surface area contributed by atoms with E-state index in [-0.39, 0.29) is 0 Å². The lowest BCUT2D eigenvalue weighted by atomic mass is 10.3. The minimum Gasteiger partial charge on any atom is -0.311 e. The molecule has 6 nitrogen and oxygen atoms in total. The number of piperazine rings is 1. The molecule has 0 spiro atoms. The third kappa shape index (κ3) is 3.77. The number of aromatic nitrogens is 3. The maximum Gasteiger partial charge on any atom is 0.0964 e. The van der Waals surface area contributed by atoms with Gasteiger partial charge < -0.3 is 5.32 Å². The molecule has 1 saturated carbocycles. The van der Waals surface area contributed by atoms with Crippen LogP contribution in [0.1, 0.15) is 25.5 Å². The molecule has 2 fully saturated rings. The Balaban J connectivity index is 1.37. The lowest BCUT2D eigenvalue weighted by Gasteiger charge is -2.34. The summed E-state index contributed by atoms with van der Waals surface area (Å²) in [6.45, 7) is 10.8. The fourth-order valence-electron chi connectivity index (χ4n) is 2.82. The van der Waals surface area contributed by atoms with Crippen LogP contribution in [0.15, 0.2) is 6.20 Å². The highest BCUT2D eigenvalue weighted by Crippen LogP contribution is 2.27. The Hall–Kier alpha value is -0.980. The van der Waals surface area contributed by atoms with E-state index in [1.165, 1.54) is 39.0 Å². The quantitative estimate of drug-likeness (QED) is 0.770. The van der Waals surface area contributed by atoms with Gasteiger partial charge in [0.05, 0.1) is 12.2 Å². The second-order valence-corrected chi connectivity index (χ2v) is 5.86. The molecule has 2 heterocycles. The fraction of sp³-hybridized carbons (Fsp3) is 0.857. The van der Waals surface area contributed by atoms with E-state index in [0.29, 0.717) is 0 Å². The van der Waals surface area contributed by atoms with Crippen molar-refractivity contribution in [3.05, 3.63) is 11.9 Å². The van der Waals surface area contributed by atoms with Crippen molar-refractivity contribution in [1.82, 2.24) is 30.1 Å². The van der Waals surface area contributed by atoms with E-state index >= 15 is 0 Å². The van der Waals surface area contributed by atoms with Gasteiger partial charge in [-0.15, -0.1) is 5.10 Å². The van der Waals surface area contributed by atoms with Gasteiger partial charge in [0.15, 0.2) is 0 Å². The Bertz CT molecular complexity index is 406. The van der Waals surface area contributed by atoms with Crippen molar-refractivity contribution in [1.29, 1.82) is 0 Å². The van der Waals surface area contributed by atoms with Crippen molar-refractivity contribution >= 4 is 0 Å². The molecule has 0 aromatic carbocycles. The normalized spacial score (nSPS) is 21.4. The third-order valence-electron chi connectivity index (χ3n) is 4.26. The Kier molecular flexibility index (Phi) is 4.65. The van der Waals surface area contributed by atoms with Crippen LogP contribution in [-0.2, 0) is 13.1 Å². The summed E-state index contributed by atoms with van der Waals surface area (Å²) in [5, 5.41) is 11.7. The largest absolute Gasteiger partial charge is 0.311 e. The average Bonchev–Trinajstić information content (AvgIpc) is 3.23. The maximum absolute atomic E-state index is 4.20. The van der Waals surface area contributed by atoms with E-state index in [2.05, 4.69) is 38.5 Å². The zero-order valence-corrected chi connectivity index (χ0v) is 12.5. The van der Waals surface area contributed by atoms with Gasteiger partial charge in [0, 0.05) is 51.5 Å². The molecule has 0 radical (unpaired) electrons. The highest BCUT2D eigenvalue weighted by atomic mass is 15.4. The van der Waals surface area contributed by atoms with Crippen molar-refractivity contribution < 1.29 is 0 Å². The van der Waals surface area contributed by atoms with Gasteiger partial charge in [0.1, 0.15) is 0 Å². The molecular formula is C14H26N6. The fourth-order valence-corrected chi connectivity index (χ4v) is 2.82. The van der Waals surface area contributed by atoms with Crippen LogP contribution in [0.4, 0.5) is 0 Å². The molecule has 0 atom stereocenters. The number of rotatable bonds is 7. The van der Waals surface area contributed by atoms with Crippen LogP contribution in [0.2, 0.25) is 0 Å². The number of nitrogens with zero attached hydrogens (tertiary/aromatic N) is 5. The molecule has 0 bridgehead atoms. The molecule has 112 valence electrons. The van der Waals surface area contributed by atoms with Crippen LogP contribution in [0.5, 0.6) is 0 Å². The Labute approximate surface area is 121 Å². The van der Waals surface area contributed by atoms with E-state index in [4.69, 9.17) is 0 Å². The van der Waals surface area contributed by atoms with Gasteiger partial charge in [-0.25, -0.2) is 0 Å². The second-order valence-electron chi connectivity index (χ2n) is 5.86. The predicted molar refractivity (Wildman–Crippen MR) is 78.4 cm³/mol. The average molecular weight is 278 g/mol. The van der Waals surface area contributed by atoms with Gasteiger partial charge >= 0.3 is 0 Å². The van der Waals surface area contributed by atoms with Crippen molar-refractivity contribution in [2.24, 2.45) is 0 Å². The number of hydrogen-bond acceptors (Lipinski definition) is 5. The molecule has 0 unspecified atom stereocenters. The minimum absolute atomic E-state index is 0.816. The standard InChI is InChI=1S/C14H26N6/c1-2-15-11-13-12-20(17-16-13)10-7-18-5-8-19(9-6-18)14-3-4-14/h12,14-15H,2-11H2,1H3. The van der Waals surface area contributed by atoms with Crippen LogP contribution >= 0.6 is 0 Å². The van der Waals surface area contributed by atoms with Gasteiger partial charge in [0.25, 0.3) is 0 Å². The molecule has 1 aliphatic carbocycles. The van der Waals surface area contributed by atoms with E-state index < -0.39 is 0 Å². The highest BCUT2D eigenvalue weighted by molar-refractivity contribution is 4.91. The van der Waals surface area contributed by atoms with Crippen LogP contribution in [0.25, 0.3) is 0 Å². The summed E-state index contributed by atoms with van der Waals surface area (Å²) in [7, 11) is 0. The molecule has 0 amide bonds. The maximum atomic E-state index is 4.20. The predicted octanol–water partition coefficient (Wildman–Crippen LogP) is 0.168. The van der Waals surface area contributed by atoms with Crippen molar-refractivity contribution in [2.75, 3.05) is 39.3 Å². The van der Waals surface area contributed by atoms with E-state index in [9.17, 15) is 0 Å². The van der Waals surface area contributed by atoms with E-state index in [1.54, 1.807) is 0 Å². The molecule has 20 heavy (non-hydrogen) atoms. The van der Waals surface area contributed by atoms with E-state index in [0.717, 1.165) is 37.9 Å². The van der Waals surface area contributed by atoms with Gasteiger partial charge in [0.2, 0.25) is 0 Å². The van der Waals surface area contributed by atoms with Gasteiger partial charge in [-0.3, -0.25) is 14.5 Å². The molecule has 6 heteroatoms. The highest BCUT2D eigenvalue weighted by Gasteiger charge is 2.30. The molecule has 3 rings (SSSR count). The lowest BCUT2D eigenvalue weighted by molar-refractivity contribution is 0.122. The Morgan fingerprint density at radius 3 is 2.70 bits per heavy atom. The number of nitrogens with one attached hydrogen (secondary N) is 1. The molecule has 1 aromatic heterocycles. The summed E-state index contributed by atoms with van der Waals surface area (Å²) in [5.41, 5.74) is 1.03. The van der Waals surface area contributed by atoms with Gasteiger partial charge in [-0.05, 0) is 19.4 Å². The summed E-state index contributed by atoms with van der Waals surface area (Å²) >= 11 is 0. The van der Waals surface area contributed by atoms with Crippen molar-refractivity contribution in [3.8, 4) is 0 Å². The first-order valence-electron chi connectivity index (χ1n) is 7.91. The topological polar surface area (TPSA) is 49.2 Å². The van der Waals surface area contributed by atoms with Crippen LogP contribution < -0.4 is 5.32 Å². The summed E-state index contributed by atoms with van der Waals surface area (Å²) < 4.78 is 1.97. The molecule has 1 N–H and O–H groups in total. The van der Waals surface area contributed by atoms with Crippen LogP contribution in [-0.4, -0.2) is 70.1 Å². The molecule has 1 aromatic rings. The lowest BCUT2D eigenvalue weighted by Crippen LogP contribution is -2.47. The van der Waals surface area contributed by atoms with Crippen molar-refractivity contribution in [2.45, 2.75) is 38.9 Å². The zero-order chi connectivity index (χ0) is 13.8. The minimum atomic E-state index is 0.816. The Morgan fingerprint density at radius 2 is 2.00 bits per heavy atom. The first kappa shape index (κ1) is 14.0. The Morgan fingerprint density at radius 1 is 1.20 bits per heavy atom. The monoisotopic (exact) mass is 278 g/mol.